The third-order valence-electron chi connectivity index (χ3n) is 4.01. The quantitative estimate of drug-likeness (QED) is 0.557. The summed E-state index contributed by atoms with van der Waals surface area (Å²) in [5.74, 6) is -0.707. The third-order valence-corrected chi connectivity index (χ3v) is 6.13. The Morgan fingerprint density at radius 3 is 2.65 bits per heavy atom. The lowest BCUT2D eigenvalue weighted by Crippen LogP contribution is -2.41. The van der Waals surface area contributed by atoms with E-state index in [2.05, 4.69) is 0 Å². The van der Waals surface area contributed by atoms with E-state index in [1.807, 2.05) is 18.4 Å². The molecule has 0 aliphatic carbocycles. The van der Waals surface area contributed by atoms with Crippen LogP contribution in [0.5, 0.6) is 0 Å². The molecule has 2 aromatic heterocycles. The number of aryl methyl sites for hydroxylation is 1. The third kappa shape index (κ3) is 4.57. The highest BCUT2D eigenvalue weighted by Crippen LogP contribution is 2.20. The number of amides is 1. The van der Waals surface area contributed by atoms with Crippen molar-refractivity contribution >= 4 is 40.3 Å². The molecule has 0 atom stereocenters. The fraction of sp³-hybridized carbons (Fsp3) is 0.389. The minimum atomic E-state index is -0.481. The Kier molecular flexibility index (Phi) is 6.18. The average Bonchev–Trinajstić information content (AvgIpc) is 3.29. The molecule has 0 radical (unpaired) electrons. The SMILES string of the molecule is Cc1ccsc1C(=O)OCC(=O)c1ccc(CC(=O)N2CCOCC2)s1. The normalized spacial score (nSPS) is 14.3. The van der Waals surface area contributed by atoms with E-state index in [9.17, 15) is 14.4 Å². The zero-order valence-electron chi connectivity index (χ0n) is 14.4. The standard InChI is InChI=1S/C18H19NO5S2/c1-12-4-9-25-17(12)18(22)24-11-14(20)15-3-2-13(26-15)10-16(21)19-5-7-23-8-6-19/h2-4,9H,5-8,10-11H2,1H3. The molecule has 8 heteroatoms. The van der Waals surface area contributed by atoms with E-state index in [0.717, 1.165) is 10.4 Å². The molecule has 26 heavy (non-hydrogen) atoms. The maximum Gasteiger partial charge on any atom is 0.349 e. The Morgan fingerprint density at radius 1 is 1.19 bits per heavy atom. The summed E-state index contributed by atoms with van der Waals surface area (Å²) in [7, 11) is 0. The molecule has 0 bridgehead atoms. The summed E-state index contributed by atoms with van der Waals surface area (Å²) in [4.78, 5) is 40.0. The number of ether oxygens (including phenoxy) is 2. The fourth-order valence-corrected chi connectivity index (χ4v) is 4.29. The number of esters is 1. The maximum atomic E-state index is 12.2. The molecule has 2 aromatic rings. The second-order valence-corrected chi connectivity index (χ2v) is 7.95. The number of ketones is 1. The van der Waals surface area contributed by atoms with Crippen LogP contribution in [0.2, 0.25) is 0 Å². The Labute approximate surface area is 159 Å². The summed E-state index contributed by atoms with van der Waals surface area (Å²) in [6.07, 6.45) is 0.270. The first kappa shape index (κ1) is 18.8. The van der Waals surface area contributed by atoms with Gasteiger partial charge in [-0.15, -0.1) is 22.7 Å². The number of hydrogen-bond donors (Lipinski definition) is 0. The van der Waals surface area contributed by atoms with Gasteiger partial charge in [-0.1, -0.05) is 0 Å². The van der Waals surface area contributed by atoms with Crippen molar-refractivity contribution in [3.05, 3.63) is 43.8 Å². The van der Waals surface area contributed by atoms with Gasteiger partial charge in [-0.2, -0.15) is 0 Å². The maximum absolute atomic E-state index is 12.2. The van der Waals surface area contributed by atoms with Crippen molar-refractivity contribution in [3.8, 4) is 0 Å². The molecule has 1 aliphatic heterocycles. The Morgan fingerprint density at radius 2 is 1.96 bits per heavy atom. The lowest BCUT2D eigenvalue weighted by Gasteiger charge is -2.26. The van der Waals surface area contributed by atoms with Gasteiger partial charge in [0, 0.05) is 18.0 Å². The number of nitrogens with zero attached hydrogens (tertiary/aromatic N) is 1. The number of hydrogen-bond acceptors (Lipinski definition) is 7. The van der Waals surface area contributed by atoms with Crippen LogP contribution in [0, 0.1) is 6.92 Å². The first-order valence-electron chi connectivity index (χ1n) is 8.23. The summed E-state index contributed by atoms with van der Waals surface area (Å²) in [5.41, 5.74) is 0.840. The van der Waals surface area contributed by atoms with Crippen LogP contribution in [0.25, 0.3) is 0 Å². The molecule has 3 heterocycles. The van der Waals surface area contributed by atoms with E-state index in [1.54, 1.807) is 17.0 Å². The molecule has 0 aromatic carbocycles. The lowest BCUT2D eigenvalue weighted by molar-refractivity contribution is -0.134. The molecule has 3 rings (SSSR count). The molecule has 0 unspecified atom stereocenters. The first-order valence-corrected chi connectivity index (χ1v) is 9.93. The number of carbonyl (C=O) groups excluding carboxylic acids is 3. The Balaban J connectivity index is 1.52. The van der Waals surface area contributed by atoms with Gasteiger partial charge in [0.25, 0.3) is 0 Å². The van der Waals surface area contributed by atoms with Gasteiger partial charge in [0.2, 0.25) is 11.7 Å². The molecule has 0 N–H and O–H groups in total. The molecule has 1 saturated heterocycles. The lowest BCUT2D eigenvalue weighted by atomic mass is 10.2. The van der Waals surface area contributed by atoms with E-state index in [1.165, 1.54) is 22.7 Å². The zero-order valence-corrected chi connectivity index (χ0v) is 16.0. The summed E-state index contributed by atoms with van der Waals surface area (Å²) in [6, 6.07) is 5.29. The summed E-state index contributed by atoms with van der Waals surface area (Å²) < 4.78 is 10.3. The van der Waals surface area contributed by atoms with Crippen molar-refractivity contribution in [1.82, 2.24) is 4.90 Å². The average molecular weight is 393 g/mol. The molecule has 1 fully saturated rings. The van der Waals surface area contributed by atoms with Gasteiger partial charge < -0.3 is 14.4 Å². The molecule has 0 saturated carbocycles. The van der Waals surface area contributed by atoms with Crippen LogP contribution in [0.4, 0.5) is 0 Å². The second kappa shape index (κ2) is 8.57. The van der Waals surface area contributed by atoms with Crippen LogP contribution in [-0.4, -0.2) is 55.5 Å². The summed E-state index contributed by atoms with van der Waals surface area (Å²) in [6.45, 7) is 3.87. The number of rotatable bonds is 6. The van der Waals surface area contributed by atoms with Crippen molar-refractivity contribution in [2.24, 2.45) is 0 Å². The molecule has 1 amide bonds. The second-order valence-electron chi connectivity index (χ2n) is 5.87. The molecule has 0 spiro atoms. The number of thiophene rings is 2. The molecule has 1 aliphatic rings. The predicted octanol–water partition coefficient (Wildman–Crippen LogP) is 2.56. The topological polar surface area (TPSA) is 72.9 Å². The predicted molar refractivity (Wildman–Crippen MR) is 99.1 cm³/mol. The first-order chi connectivity index (χ1) is 12.5. The van der Waals surface area contributed by atoms with E-state index in [0.29, 0.717) is 36.1 Å². The molecular weight excluding hydrogens is 374 g/mol. The van der Waals surface area contributed by atoms with Crippen molar-refractivity contribution in [1.29, 1.82) is 0 Å². The van der Waals surface area contributed by atoms with E-state index in [-0.39, 0.29) is 24.7 Å². The van der Waals surface area contributed by atoms with Gasteiger partial charge >= 0.3 is 5.97 Å². The molecule has 6 nitrogen and oxygen atoms in total. The number of carbonyl (C=O) groups is 3. The van der Waals surface area contributed by atoms with Gasteiger partial charge in [0.15, 0.2) is 6.61 Å². The van der Waals surface area contributed by atoms with Crippen LogP contribution in [0.1, 0.15) is 29.8 Å². The van der Waals surface area contributed by atoms with Crippen molar-refractivity contribution in [3.63, 3.8) is 0 Å². The monoisotopic (exact) mass is 393 g/mol. The highest BCUT2D eigenvalue weighted by molar-refractivity contribution is 7.14. The van der Waals surface area contributed by atoms with Gasteiger partial charge in [-0.25, -0.2) is 4.79 Å². The Bertz CT molecular complexity index is 804. The zero-order chi connectivity index (χ0) is 18.5. The summed E-state index contributed by atoms with van der Waals surface area (Å²) in [5, 5.41) is 1.81. The van der Waals surface area contributed by atoms with Crippen LogP contribution in [0.3, 0.4) is 0 Å². The number of Topliss-reactive ketones (excluding diaryl/α,β-unsaturated/α-hetero) is 1. The van der Waals surface area contributed by atoms with Crippen molar-refractivity contribution in [2.75, 3.05) is 32.9 Å². The van der Waals surface area contributed by atoms with Gasteiger partial charge in [0.05, 0.1) is 24.5 Å². The van der Waals surface area contributed by atoms with Crippen LogP contribution < -0.4 is 0 Å². The number of morpholine rings is 1. The largest absolute Gasteiger partial charge is 0.453 e. The van der Waals surface area contributed by atoms with E-state index in [4.69, 9.17) is 9.47 Å². The van der Waals surface area contributed by atoms with Crippen molar-refractivity contribution < 1.29 is 23.9 Å². The van der Waals surface area contributed by atoms with Gasteiger partial charge in [0.1, 0.15) is 4.88 Å². The van der Waals surface area contributed by atoms with E-state index < -0.39 is 5.97 Å². The van der Waals surface area contributed by atoms with Gasteiger partial charge in [-0.05, 0) is 36.1 Å². The van der Waals surface area contributed by atoms with Crippen molar-refractivity contribution in [2.45, 2.75) is 13.3 Å². The minimum Gasteiger partial charge on any atom is -0.453 e. The smallest absolute Gasteiger partial charge is 0.349 e. The molecule has 138 valence electrons. The van der Waals surface area contributed by atoms with E-state index >= 15 is 0 Å². The van der Waals surface area contributed by atoms with Crippen LogP contribution in [0.15, 0.2) is 23.6 Å². The highest BCUT2D eigenvalue weighted by Gasteiger charge is 2.19. The van der Waals surface area contributed by atoms with Crippen LogP contribution >= 0.6 is 22.7 Å². The highest BCUT2D eigenvalue weighted by atomic mass is 32.1. The minimum absolute atomic E-state index is 0.0359. The summed E-state index contributed by atoms with van der Waals surface area (Å²) >= 11 is 2.56. The molecular formula is C18H19NO5S2. The van der Waals surface area contributed by atoms with Gasteiger partial charge in [-0.3, -0.25) is 9.59 Å². The fourth-order valence-electron chi connectivity index (χ4n) is 2.55. The Hall–Kier alpha value is -2.03. The van der Waals surface area contributed by atoms with Crippen LogP contribution in [-0.2, 0) is 20.7 Å².